The first-order valence-electron chi connectivity index (χ1n) is 12.3. The molecule has 0 heterocycles. The summed E-state index contributed by atoms with van der Waals surface area (Å²) in [5, 5.41) is 9.21. The first-order chi connectivity index (χ1) is 19.3. The first kappa shape index (κ1) is 33.5. The molecule has 0 saturated heterocycles. The largest absolute Gasteiger partial charge is 0.573 e. The predicted octanol–water partition coefficient (Wildman–Crippen LogP) is 5.47. The lowest BCUT2D eigenvalue weighted by Crippen LogP contribution is -2.38. The van der Waals surface area contributed by atoms with E-state index in [0.29, 0.717) is 11.3 Å². The number of aliphatic carboxylic acids is 1. The average molecular weight is 598 g/mol. The summed E-state index contributed by atoms with van der Waals surface area (Å²) in [6.07, 6.45) is -11.6. The second-order valence-corrected chi connectivity index (χ2v) is 8.35. The molecule has 1 unspecified atom stereocenters. The van der Waals surface area contributed by atoms with Crippen molar-refractivity contribution in [1.29, 1.82) is 0 Å². The molecular formula is C26H29F6NO8. The van der Waals surface area contributed by atoms with Crippen LogP contribution in [0.2, 0.25) is 0 Å². The summed E-state index contributed by atoms with van der Waals surface area (Å²) >= 11 is 0. The fraction of sp³-hybridized carbons (Fsp3) is 0.462. The summed E-state index contributed by atoms with van der Waals surface area (Å²) in [5.41, 5.74) is 0.669. The van der Waals surface area contributed by atoms with E-state index < -0.39 is 48.8 Å². The smallest absolute Gasteiger partial charge is 0.492 e. The topological polar surface area (TPSA) is 104 Å². The van der Waals surface area contributed by atoms with Gasteiger partial charge in [0.1, 0.15) is 19.0 Å². The molecule has 0 radical (unpaired) electrons. The van der Waals surface area contributed by atoms with E-state index >= 15 is 0 Å². The maximum absolute atomic E-state index is 12.8. The van der Waals surface area contributed by atoms with Crippen LogP contribution in [0.1, 0.15) is 18.9 Å². The number of carboxylic acid groups (broad SMARTS) is 1. The molecule has 2 aromatic carbocycles. The monoisotopic (exact) mass is 597 g/mol. The third kappa shape index (κ3) is 13.5. The molecule has 1 amide bonds. The number of nitrogens with zero attached hydrogens (tertiary/aromatic N) is 1. The van der Waals surface area contributed by atoms with E-state index in [2.05, 4.69) is 9.47 Å². The van der Waals surface area contributed by atoms with E-state index in [0.717, 1.165) is 17.0 Å². The van der Waals surface area contributed by atoms with Gasteiger partial charge < -0.3 is 33.7 Å². The maximum atomic E-state index is 12.8. The van der Waals surface area contributed by atoms with Crippen molar-refractivity contribution in [3.8, 4) is 17.2 Å². The molecule has 0 spiro atoms. The Balaban J connectivity index is 2.01. The molecule has 0 aliphatic rings. The highest BCUT2D eigenvalue weighted by molar-refractivity contribution is 5.73. The molecule has 1 N–H and O–H groups in total. The van der Waals surface area contributed by atoms with E-state index in [1.165, 1.54) is 12.1 Å². The Bertz CT molecular complexity index is 1090. The number of amides is 1. The first-order valence-corrected chi connectivity index (χ1v) is 12.3. The highest BCUT2D eigenvalue weighted by atomic mass is 19.4. The standard InChI is InChI=1S/C26H29F6NO8/c1-2-38-22(23(34)35)16-18-8-10-19(11-9-18)39-15-13-33(12-5-14-37-17-25(27,28)29)24(36)40-20-6-3-4-7-21(20)41-26(30,31)32/h3-4,6-11,22H,2,5,12-17H2,1H3,(H,34,35). The van der Waals surface area contributed by atoms with Crippen LogP contribution in [0, 0.1) is 0 Å². The van der Waals surface area contributed by atoms with Gasteiger partial charge >= 0.3 is 24.6 Å². The quantitative estimate of drug-likeness (QED) is 0.201. The summed E-state index contributed by atoms with van der Waals surface area (Å²) in [7, 11) is 0. The summed E-state index contributed by atoms with van der Waals surface area (Å²) in [6.45, 7) is -0.337. The Kier molecular flexibility index (Phi) is 13.0. The fourth-order valence-corrected chi connectivity index (χ4v) is 3.37. The molecule has 2 aromatic rings. The SMILES string of the molecule is CCOC(Cc1ccc(OCCN(CCCOCC(F)(F)F)C(=O)Oc2ccccc2OC(F)(F)F)cc1)C(=O)O. The van der Waals surface area contributed by atoms with Crippen molar-refractivity contribution in [2.45, 2.75) is 38.4 Å². The molecule has 0 aromatic heterocycles. The van der Waals surface area contributed by atoms with Crippen LogP contribution in [-0.4, -0.2) is 80.2 Å². The number of carbonyl (C=O) groups excluding carboxylic acids is 1. The van der Waals surface area contributed by atoms with Gasteiger partial charge in [-0.2, -0.15) is 13.2 Å². The summed E-state index contributed by atoms with van der Waals surface area (Å²) in [4.78, 5) is 25.1. The van der Waals surface area contributed by atoms with E-state index in [9.17, 15) is 41.0 Å². The van der Waals surface area contributed by atoms with E-state index in [-0.39, 0.29) is 45.8 Å². The molecule has 0 bridgehead atoms. The summed E-state index contributed by atoms with van der Waals surface area (Å²) < 4.78 is 99.3. The number of carbonyl (C=O) groups is 2. The number of halogens is 6. The number of hydrogen-bond donors (Lipinski definition) is 1. The molecule has 0 fully saturated rings. The van der Waals surface area contributed by atoms with Crippen molar-refractivity contribution < 1.29 is 64.7 Å². The summed E-state index contributed by atoms with van der Waals surface area (Å²) in [6, 6.07) is 11.0. The highest BCUT2D eigenvalue weighted by Gasteiger charge is 2.33. The summed E-state index contributed by atoms with van der Waals surface area (Å²) in [5.74, 6) is -2.01. The second-order valence-electron chi connectivity index (χ2n) is 8.35. The maximum Gasteiger partial charge on any atom is 0.573 e. The lowest BCUT2D eigenvalue weighted by Gasteiger charge is -2.23. The van der Waals surface area contributed by atoms with E-state index in [4.69, 9.17) is 14.2 Å². The molecule has 2 rings (SSSR count). The molecule has 41 heavy (non-hydrogen) atoms. The van der Waals surface area contributed by atoms with Crippen molar-refractivity contribution in [2.75, 3.05) is 39.5 Å². The zero-order chi connectivity index (χ0) is 30.5. The van der Waals surface area contributed by atoms with Crippen LogP contribution in [0.25, 0.3) is 0 Å². The minimum Gasteiger partial charge on any atom is -0.492 e. The van der Waals surface area contributed by atoms with Crippen molar-refractivity contribution in [3.05, 3.63) is 54.1 Å². The van der Waals surface area contributed by atoms with Crippen LogP contribution in [0.4, 0.5) is 31.1 Å². The van der Waals surface area contributed by atoms with Crippen molar-refractivity contribution in [1.82, 2.24) is 4.90 Å². The van der Waals surface area contributed by atoms with Crippen molar-refractivity contribution >= 4 is 12.1 Å². The van der Waals surface area contributed by atoms with Gasteiger partial charge in [-0.3, -0.25) is 0 Å². The predicted molar refractivity (Wildman–Crippen MR) is 131 cm³/mol. The van der Waals surface area contributed by atoms with Crippen molar-refractivity contribution in [3.63, 3.8) is 0 Å². The van der Waals surface area contributed by atoms with E-state index in [1.807, 2.05) is 0 Å². The number of ether oxygens (including phenoxy) is 5. The Morgan fingerprint density at radius 3 is 2.17 bits per heavy atom. The Morgan fingerprint density at radius 1 is 0.927 bits per heavy atom. The van der Waals surface area contributed by atoms with Gasteiger partial charge in [0.15, 0.2) is 17.6 Å². The zero-order valence-electron chi connectivity index (χ0n) is 21.9. The lowest BCUT2D eigenvalue weighted by atomic mass is 10.1. The Labute approximate surface area is 231 Å². The van der Waals surface area contributed by atoms with Gasteiger partial charge in [0.2, 0.25) is 0 Å². The molecule has 1 atom stereocenters. The number of hydrogen-bond acceptors (Lipinski definition) is 7. The van der Waals surface area contributed by atoms with E-state index in [1.54, 1.807) is 31.2 Å². The lowest BCUT2D eigenvalue weighted by molar-refractivity contribution is -0.275. The molecule has 9 nitrogen and oxygen atoms in total. The van der Waals surface area contributed by atoms with Crippen LogP contribution >= 0.6 is 0 Å². The third-order valence-corrected chi connectivity index (χ3v) is 5.13. The number of carboxylic acids is 1. The Hall–Kier alpha value is -3.72. The number of alkyl halides is 6. The minimum atomic E-state index is -5.04. The van der Waals surface area contributed by atoms with Crippen LogP contribution in [0.3, 0.4) is 0 Å². The molecule has 0 saturated carbocycles. The molecule has 228 valence electrons. The van der Waals surface area contributed by atoms with Gasteiger partial charge in [0, 0.05) is 26.2 Å². The van der Waals surface area contributed by atoms with Gasteiger partial charge in [-0.15, -0.1) is 13.2 Å². The van der Waals surface area contributed by atoms with Crippen LogP contribution in [0.5, 0.6) is 17.2 Å². The van der Waals surface area contributed by atoms with Gasteiger partial charge in [0.25, 0.3) is 0 Å². The van der Waals surface area contributed by atoms with Gasteiger partial charge in [-0.05, 0) is 43.2 Å². The third-order valence-electron chi connectivity index (χ3n) is 5.13. The van der Waals surface area contributed by atoms with Gasteiger partial charge in [-0.1, -0.05) is 24.3 Å². The van der Waals surface area contributed by atoms with Crippen molar-refractivity contribution in [2.24, 2.45) is 0 Å². The van der Waals surface area contributed by atoms with Gasteiger partial charge in [-0.25, -0.2) is 9.59 Å². The number of benzene rings is 2. The van der Waals surface area contributed by atoms with Crippen LogP contribution < -0.4 is 14.2 Å². The Morgan fingerprint density at radius 2 is 1.59 bits per heavy atom. The molecule has 0 aliphatic heterocycles. The second kappa shape index (κ2) is 15.9. The zero-order valence-corrected chi connectivity index (χ0v) is 21.9. The average Bonchev–Trinajstić information content (AvgIpc) is 2.87. The molecule has 0 aliphatic carbocycles. The number of rotatable bonds is 16. The number of para-hydroxylation sites is 2. The van der Waals surface area contributed by atoms with Gasteiger partial charge in [0.05, 0.1) is 6.54 Å². The fourth-order valence-electron chi connectivity index (χ4n) is 3.37. The minimum absolute atomic E-state index is 0.0366. The normalized spacial score (nSPS) is 12.5. The van der Waals surface area contributed by atoms with Crippen LogP contribution in [-0.2, 0) is 20.7 Å². The highest BCUT2D eigenvalue weighted by Crippen LogP contribution is 2.32. The van der Waals surface area contributed by atoms with Crippen LogP contribution in [0.15, 0.2) is 48.5 Å². The molecule has 15 heteroatoms. The molecular weight excluding hydrogens is 568 g/mol.